The van der Waals surface area contributed by atoms with E-state index < -0.39 is 0 Å². The minimum Gasteiger partial charge on any atom is -0.437 e. The monoisotopic (exact) mass is 323 g/mol. The van der Waals surface area contributed by atoms with Gasteiger partial charge in [-0.15, -0.1) is 0 Å². The number of rotatable bonds is 3. The van der Waals surface area contributed by atoms with Crippen molar-refractivity contribution in [1.29, 1.82) is 0 Å². The van der Waals surface area contributed by atoms with Gasteiger partial charge < -0.3 is 15.0 Å². The van der Waals surface area contributed by atoms with Crippen LogP contribution in [0.25, 0.3) is 17.1 Å². The van der Waals surface area contributed by atoms with Crippen LogP contribution >= 0.6 is 0 Å². The van der Waals surface area contributed by atoms with Crippen LogP contribution in [0.1, 0.15) is 44.1 Å². The Morgan fingerprint density at radius 3 is 2.92 bits per heavy atom. The van der Waals surface area contributed by atoms with Gasteiger partial charge in [0.1, 0.15) is 5.65 Å². The van der Waals surface area contributed by atoms with Crippen molar-refractivity contribution in [2.45, 2.75) is 44.6 Å². The Labute approximate surface area is 140 Å². The van der Waals surface area contributed by atoms with E-state index in [1.54, 1.807) is 18.3 Å². The number of allylic oxidation sites excluding steroid dienone is 1. The first-order valence-corrected chi connectivity index (χ1v) is 8.64. The minimum atomic E-state index is -0.0932. The van der Waals surface area contributed by atoms with E-state index >= 15 is 0 Å². The van der Waals surface area contributed by atoms with Crippen molar-refractivity contribution in [2.24, 2.45) is 0 Å². The van der Waals surface area contributed by atoms with E-state index in [9.17, 15) is 4.79 Å². The van der Waals surface area contributed by atoms with Crippen molar-refractivity contribution < 1.29 is 9.53 Å². The topological polar surface area (TPSA) is 67.0 Å². The van der Waals surface area contributed by atoms with Crippen LogP contribution < -0.4 is 5.32 Å². The standard InChI is InChI=1S/C19H21N3O2/c23-16-11-18(22-14-6-3-1-2-4-7-14)24-17(16)10-13-12-21-19-15(13)8-5-9-20-19/h5,8-12,14,22H,1-4,6-7H2,(H,20,21). The van der Waals surface area contributed by atoms with Crippen molar-refractivity contribution in [3.8, 4) is 0 Å². The number of nitrogens with one attached hydrogen (secondary N) is 2. The molecule has 3 heterocycles. The lowest BCUT2D eigenvalue weighted by atomic mass is 10.1. The fraction of sp³-hybridized carbons (Fsp3) is 0.368. The average Bonchev–Trinajstić information content (AvgIpc) is 3.03. The summed E-state index contributed by atoms with van der Waals surface area (Å²) in [6.45, 7) is 0. The Balaban J connectivity index is 1.49. The SMILES string of the molecule is O=C1C=C(NC2CCCCCC2)OC1=Cc1c[nH]c2ncccc12. The molecule has 1 aliphatic heterocycles. The second-order valence-electron chi connectivity index (χ2n) is 6.46. The highest BCUT2D eigenvalue weighted by molar-refractivity contribution is 6.08. The first-order chi connectivity index (χ1) is 11.8. The molecule has 2 N–H and O–H groups in total. The Morgan fingerprint density at radius 2 is 2.08 bits per heavy atom. The van der Waals surface area contributed by atoms with Crippen molar-refractivity contribution in [3.05, 3.63) is 47.8 Å². The summed E-state index contributed by atoms with van der Waals surface area (Å²) in [5.41, 5.74) is 1.71. The molecule has 1 fully saturated rings. The van der Waals surface area contributed by atoms with Crippen LogP contribution in [0.5, 0.6) is 0 Å². The van der Waals surface area contributed by atoms with Crippen molar-refractivity contribution in [2.75, 3.05) is 0 Å². The summed E-state index contributed by atoms with van der Waals surface area (Å²) in [7, 11) is 0. The van der Waals surface area contributed by atoms with Crippen LogP contribution in [-0.4, -0.2) is 21.8 Å². The van der Waals surface area contributed by atoms with Gasteiger partial charge in [-0.2, -0.15) is 0 Å². The van der Waals surface area contributed by atoms with Gasteiger partial charge in [0.2, 0.25) is 5.78 Å². The summed E-state index contributed by atoms with van der Waals surface area (Å²) in [5, 5.41) is 4.37. The van der Waals surface area contributed by atoms with Crippen molar-refractivity contribution >= 4 is 22.9 Å². The number of hydrogen-bond acceptors (Lipinski definition) is 4. The molecule has 5 nitrogen and oxygen atoms in total. The molecule has 2 aromatic heterocycles. The van der Waals surface area contributed by atoms with Crippen LogP contribution in [0.3, 0.4) is 0 Å². The second-order valence-corrected chi connectivity index (χ2v) is 6.46. The second kappa shape index (κ2) is 6.51. The molecule has 1 aliphatic carbocycles. The van der Waals surface area contributed by atoms with E-state index in [1.165, 1.54) is 25.7 Å². The maximum Gasteiger partial charge on any atom is 0.226 e. The zero-order chi connectivity index (χ0) is 16.4. The molecular formula is C19H21N3O2. The third kappa shape index (κ3) is 3.07. The molecule has 5 heteroatoms. The first-order valence-electron chi connectivity index (χ1n) is 8.64. The highest BCUT2D eigenvalue weighted by Crippen LogP contribution is 2.25. The number of fused-ring (bicyclic) bond motifs is 1. The summed E-state index contributed by atoms with van der Waals surface area (Å²) in [6, 6.07) is 4.26. The van der Waals surface area contributed by atoms with Gasteiger partial charge in [0.05, 0.1) is 0 Å². The molecule has 4 rings (SSSR count). The van der Waals surface area contributed by atoms with Gasteiger partial charge in [0, 0.05) is 35.5 Å². The van der Waals surface area contributed by atoms with Gasteiger partial charge in [0.15, 0.2) is 11.6 Å². The molecule has 0 amide bonds. The Bertz CT molecular complexity index is 811. The van der Waals surface area contributed by atoms with E-state index in [0.717, 1.165) is 29.4 Å². The summed E-state index contributed by atoms with van der Waals surface area (Å²) in [6.07, 6.45) is 14.3. The highest BCUT2D eigenvalue weighted by Gasteiger charge is 2.23. The number of aromatic amines is 1. The molecule has 2 aromatic rings. The third-order valence-electron chi connectivity index (χ3n) is 4.70. The molecule has 0 atom stereocenters. The van der Waals surface area contributed by atoms with Crippen molar-refractivity contribution in [3.63, 3.8) is 0 Å². The fourth-order valence-electron chi connectivity index (χ4n) is 3.42. The van der Waals surface area contributed by atoms with E-state index in [2.05, 4.69) is 15.3 Å². The normalized spacial score (nSPS) is 20.9. The summed E-state index contributed by atoms with van der Waals surface area (Å²) < 4.78 is 5.77. The lowest BCUT2D eigenvalue weighted by molar-refractivity contribution is -0.112. The molecular weight excluding hydrogens is 302 g/mol. The summed E-state index contributed by atoms with van der Waals surface area (Å²) >= 11 is 0. The van der Waals surface area contributed by atoms with Crippen LogP contribution in [0, 0.1) is 0 Å². The van der Waals surface area contributed by atoms with Gasteiger partial charge in [-0.3, -0.25) is 4.79 Å². The molecule has 24 heavy (non-hydrogen) atoms. The molecule has 0 saturated heterocycles. The predicted molar refractivity (Wildman–Crippen MR) is 92.9 cm³/mol. The molecule has 0 spiro atoms. The zero-order valence-electron chi connectivity index (χ0n) is 13.5. The lowest BCUT2D eigenvalue weighted by Gasteiger charge is -2.17. The number of aromatic nitrogens is 2. The van der Waals surface area contributed by atoms with Crippen LogP contribution in [0.2, 0.25) is 0 Å². The van der Waals surface area contributed by atoms with Gasteiger partial charge in [-0.1, -0.05) is 25.7 Å². The number of H-pyrrole nitrogens is 1. The van der Waals surface area contributed by atoms with Gasteiger partial charge in [-0.05, 0) is 31.1 Å². The Hall–Kier alpha value is -2.56. The Morgan fingerprint density at radius 1 is 1.25 bits per heavy atom. The molecule has 0 radical (unpaired) electrons. The maximum atomic E-state index is 12.2. The van der Waals surface area contributed by atoms with E-state index in [1.807, 2.05) is 18.3 Å². The van der Waals surface area contributed by atoms with Crippen molar-refractivity contribution in [1.82, 2.24) is 15.3 Å². The molecule has 0 unspecified atom stereocenters. The third-order valence-corrected chi connectivity index (χ3v) is 4.70. The van der Waals surface area contributed by atoms with E-state index in [-0.39, 0.29) is 5.78 Å². The lowest BCUT2D eigenvalue weighted by Crippen LogP contribution is -2.27. The number of carbonyl (C=O) groups is 1. The smallest absolute Gasteiger partial charge is 0.226 e. The largest absolute Gasteiger partial charge is 0.437 e. The molecule has 2 aliphatic rings. The molecule has 0 bridgehead atoms. The first kappa shape index (κ1) is 15.0. The summed E-state index contributed by atoms with van der Waals surface area (Å²) in [5.74, 6) is 0.844. The number of ketones is 1. The van der Waals surface area contributed by atoms with Gasteiger partial charge in [-0.25, -0.2) is 4.98 Å². The molecule has 124 valence electrons. The number of hydrogen-bond donors (Lipinski definition) is 2. The molecule has 1 saturated carbocycles. The van der Waals surface area contributed by atoms with Gasteiger partial charge in [0.25, 0.3) is 0 Å². The number of nitrogens with zero attached hydrogens (tertiary/aromatic N) is 1. The van der Waals surface area contributed by atoms with Crippen LogP contribution in [-0.2, 0) is 9.53 Å². The summed E-state index contributed by atoms with van der Waals surface area (Å²) in [4.78, 5) is 19.6. The minimum absolute atomic E-state index is 0.0932. The number of ether oxygens (including phenoxy) is 1. The van der Waals surface area contributed by atoms with E-state index in [4.69, 9.17) is 4.74 Å². The van der Waals surface area contributed by atoms with Crippen LogP contribution in [0.15, 0.2) is 42.2 Å². The molecule has 0 aromatic carbocycles. The quantitative estimate of drug-likeness (QED) is 0.668. The van der Waals surface area contributed by atoms with E-state index in [0.29, 0.717) is 17.7 Å². The maximum absolute atomic E-state index is 12.2. The fourth-order valence-corrected chi connectivity index (χ4v) is 3.42. The zero-order valence-corrected chi connectivity index (χ0v) is 13.5. The van der Waals surface area contributed by atoms with Gasteiger partial charge >= 0.3 is 0 Å². The highest BCUT2D eigenvalue weighted by atomic mass is 16.5. The van der Waals surface area contributed by atoms with Crippen LogP contribution in [0.4, 0.5) is 0 Å². The Kier molecular flexibility index (Phi) is 4.07. The number of carbonyl (C=O) groups excluding carboxylic acids is 1. The average molecular weight is 323 g/mol. The number of pyridine rings is 1. The predicted octanol–water partition coefficient (Wildman–Crippen LogP) is 3.66.